The quantitative estimate of drug-likeness (QED) is 0.402. The molecule has 1 fully saturated rings. The SMILES string of the molecule is O=C(NCCCN1CCOCC1)c1ccc2[nH]c(-c3nc4cscc4[nH]c3=O)cc2c1. The summed E-state index contributed by atoms with van der Waals surface area (Å²) in [4.78, 5) is 37.9. The minimum Gasteiger partial charge on any atom is -0.379 e. The van der Waals surface area contributed by atoms with Crippen LogP contribution in [0.5, 0.6) is 0 Å². The lowest BCUT2D eigenvalue weighted by molar-refractivity contribution is 0.0374. The van der Waals surface area contributed by atoms with Crippen molar-refractivity contribution in [2.45, 2.75) is 6.42 Å². The first-order valence-electron chi connectivity index (χ1n) is 10.3. The van der Waals surface area contributed by atoms with E-state index in [9.17, 15) is 9.59 Å². The summed E-state index contributed by atoms with van der Waals surface area (Å²) in [5.41, 5.74) is 3.68. The van der Waals surface area contributed by atoms with Gasteiger partial charge in [0.1, 0.15) is 0 Å². The molecule has 3 N–H and O–H groups in total. The number of carbonyl (C=O) groups is 1. The number of rotatable bonds is 6. The lowest BCUT2D eigenvalue weighted by Gasteiger charge is -2.26. The van der Waals surface area contributed by atoms with Crippen molar-refractivity contribution in [2.24, 2.45) is 0 Å². The fraction of sp³-hybridized carbons (Fsp3) is 0.318. The average Bonchev–Trinajstić information content (AvgIpc) is 3.42. The number of nitrogens with zero attached hydrogens (tertiary/aromatic N) is 2. The Hall–Kier alpha value is -3.01. The number of morpholine rings is 1. The fourth-order valence-corrected chi connectivity index (χ4v) is 4.53. The lowest BCUT2D eigenvalue weighted by Crippen LogP contribution is -2.38. The molecule has 0 unspecified atom stereocenters. The van der Waals surface area contributed by atoms with Gasteiger partial charge >= 0.3 is 0 Å². The van der Waals surface area contributed by atoms with Crippen LogP contribution in [-0.4, -0.2) is 65.2 Å². The molecule has 1 saturated heterocycles. The molecular weight excluding hydrogens is 414 g/mol. The second kappa shape index (κ2) is 8.62. The third-order valence-corrected chi connectivity index (χ3v) is 6.25. The van der Waals surface area contributed by atoms with Crippen molar-refractivity contribution in [1.82, 2.24) is 25.2 Å². The van der Waals surface area contributed by atoms with Gasteiger partial charge in [-0.1, -0.05) is 0 Å². The zero-order valence-electron chi connectivity index (χ0n) is 16.9. The molecule has 31 heavy (non-hydrogen) atoms. The van der Waals surface area contributed by atoms with E-state index in [1.165, 1.54) is 11.3 Å². The van der Waals surface area contributed by atoms with E-state index in [1.54, 1.807) is 6.07 Å². The smallest absolute Gasteiger partial charge is 0.276 e. The lowest BCUT2D eigenvalue weighted by atomic mass is 10.1. The van der Waals surface area contributed by atoms with E-state index in [0.29, 0.717) is 23.5 Å². The Kier molecular flexibility index (Phi) is 5.54. The number of amides is 1. The van der Waals surface area contributed by atoms with Gasteiger partial charge in [-0.15, -0.1) is 11.3 Å². The average molecular weight is 438 g/mol. The number of hydrogen-bond acceptors (Lipinski definition) is 6. The summed E-state index contributed by atoms with van der Waals surface area (Å²) >= 11 is 1.50. The second-order valence-electron chi connectivity index (χ2n) is 7.63. The van der Waals surface area contributed by atoms with Gasteiger partial charge in [0.15, 0.2) is 5.69 Å². The number of ether oxygens (including phenoxy) is 1. The highest BCUT2D eigenvalue weighted by atomic mass is 32.1. The number of aromatic nitrogens is 3. The first-order valence-corrected chi connectivity index (χ1v) is 11.3. The number of H-pyrrole nitrogens is 2. The van der Waals surface area contributed by atoms with E-state index in [1.807, 2.05) is 29.0 Å². The van der Waals surface area contributed by atoms with Gasteiger partial charge in [-0.3, -0.25) is 14.5 Å². The Morgan fingerprint density at radius 2 is 2.03 bits per heavy atom. The molecule has 160 valence electrons. The van der Waals surface area contributed by atoms with Crippen molar-refractivity contribution in [3.63, 3.8) is 0 Å². The summed E-state index contributed by atoms with van der Waals surface area (Å²) < 4.78 is 5.35. The van der Waals surface area contributed by atoms with E-state index in [0.717, 1.165) is 61.2 Å². The molecule has 0 atom stereocenters. The molecule has 0 aliphatic carbocycles. The van der Waals surface area contributed by atoms with E-state index in [-0.39, 0.29) is 11.5 Å². The first kappa shape index (κ1) is 19.9. The first-order chi connectivity index (χ1) is 15.2. The Morgan fingerprint density at radius 1 is 1.16 bits per heavy atom. The molecule has 3 aromatic heterocycles. The third kappa shape index (κ3) is 4.25. The predicted molar refractivity (Wildman–Crippen MR) is 122 cm³/mol. The zero-order chi connectivity index (χ0) is 21.2. The number of carbonyl (C=O) groups excluding carboxylic acids is 1. The van der Waals surface area contributed by atoms with E-state index >= 15 is 0 Å². The summed E-state index contributed by atoms with van der Waals surface area (Å²) in [6.07, 6.45) is 0.905. The third-order valence-electron chi connectivity index (χ3n) is 5.52. The van der Waals surface area contributed by atoms with Crippen molar-refractivity contribution in [1.29, 1.82) is 0 Å². The maximum absolute atomic E-state index is 12.6. The Morgan fingerprint density at radius 3 is 2.90 bits per heavy atom. The van der Waals surface area contributed by atoms with Crippen molar-refractivity contribution in [3.05, 3.63) is 50.9 Å². The van der Waals surface area contributed by atoms with Gasteiger partial charge < -0.3 is 20.0 Å². The molecule has 0 saturated carbocycles. The molecule has 9 heteroatoms. The number of hydrogen-bond donors (Lipinski definition) is 3. The van der Waals surface area contributed by atoms with E-state index in [4.69, 9.17) is 4.74 Å². The molecule has 0 spiro atoms. The van der Waals surface area contributed by atoms with Crippen LogP contribution in [0.25, 0.3) is 33.3 Å². The predicted octanol–water partition coefficient (Wildman–Crippen LogP) is 2.59. The summed E-state index contributed by atoms with van der Waals surface area (Å²) in [6, 6.07) is 7.35. The number of nitrogens with one attached hydrogen (secondary N) is 3. The highest BCUT2D eigenvalue weighted by Crippen LogP contribution is 2.23. The largest absolute Gasteiger partial charge is 0.379 e. The maximum atomic E-state index is 12.6. The molecule has 0 radical (unpaired) electrons. The second-order valence-corrected chi connectivity index (χ2v) is 8.38. The van der Waals surface area contributed by atoms with Crippen molar-refractivity contribution >= 4 is 39.2 Å². The normalized spacial score (nSPS) is 15.0. The number of thiophene rings is 1. The molecule has 0 bridgehead atoms. The molecule has 1 aliphatic rings. The van der Waals surface area contributed by atoms with Crippen LogP contribution >= 0.6 is 11.3 Å². The topological polar surface area (TPSA) is 103 Å². The molecule has 1 aromatic carbocycles. The van der Waals surface area contributed by atoms with Crippen molar-refractivity contribution in [2.75, 3.05) is 39.4 Å². The molecular formula is C22H23N5O3S. The van der Waals surface area contributed by atoms with Crippen LogP contribution in [0.3, 0.4) is 0 Å². The molecule has 4 aromatic rings. The monoisotopic (exact) mass is 437 g/mol. The van der Waals surface area contributed by atoms with Crippen LogP contribution in [0.1, 0.15) is 16.8 Å². The molecule has 1 aliphatic heterocycles. The molecule has 8 nitrogen and oxygen atoms in total. The minimum absolute atomic E-state index is 0.0951. The Balaban J connectivity index is 1.28. The highest BCUT2D eigenvalue weighted by molar-refractivity contribution is 7.09. The zero-order valence-corrected chi connectivity index (χ0v) is 17.8. The van der Waals surface area contributed by atoms with Gasteiger partial charge in [0.25, 0.3) is 11.5 Å². The highest BCUT2D eigenvalue weighted by Gasteiger charge is 2.13. The number of fused-ring (bicyclic) bond motifs is 2. The number of aromatic amines is 2. The van der Waals surface area contributed by atoms with Crippen LogP contribution in [0, 0.1) is 0 Å². The molecule has 5 rings (SSSR count). The summed E-state index contributed by atoms with van der Waals surface area (Å²) in [6.45, 7) is 5.07. The number of benzene rings is 1. The Bertz CT molecular complexity index is 1290. The van der Waals surface area contributed by atoms with Gasteiger partial charge in [-0.2, -0.15) is 0 Å². The van der Waals surface area contributed by atoms with Gasteiger partial charge in [0.05, 0.1) is 29.9 Å². The van der Waals surface area contributed by atoms with E-state index in [2.05, 4.69) is 25.2 Å². The Labute approximate surface area is 182 Å². The van der Waals surface area contributed by atoms with Crippen LogP contribution in [0.4, 0.5) is 0 Å². The summed E-state index contributed by atoms with van der Waals surface area (Å²) in [7, 11) is 0. The van der Waals surface area contributed by atoms with Crippen LogP contribution in [0.2, 0.25) is 0 Å². The van der Waals surface area contributed by atoms with Crippen molar-refractivity contribution < 1.29 is 9.53 Å². The maximum Gasteiger partial charge on any atom is 0.276 e. The van der Waals surface area contributed by atoms with Crippen LogP contribution < -0.4 is 10.9 Å². The van der Waals surface area contributed by atoms with E-state index < -0.39 is 0 Å². The minimum atomic E-state index is -0.240. The summed E-state index contributed by atoms with van der Waals surface area (Å²) in [5.74, 6) is -0.0951. The van der Waals surface area contributed by atoms with Crippen LogP contribution in [-0.2, 0) is 4.74 Å². The fourth-order valence-electron chi connectivity index (χ4n) is 3.84. The molecule has 1 amide bonds. The van der Waals surface area contributed by atoms with Crippen LogP contribution in [0.15, 0.2) is 39.8 Å². The van der Waals surface area contributed by atoms with Gasteiger partial charge in [-0.05, 0) is 37.2 Å². The van der Waals surface area contributed by atoms with Crippen molar-refractivity contribution in [3.8, 4) is 11.4 Å². The standard InChI is InChI=1S/C22H23N5O3S/c28-21(23-4-1-5-27-6-8-30-9-7-27)14-2-3-16-15(10-14)11-17(24-16)20-22(29)26-19-13-31-12-18(19)25-20/h2-3,10-13,24H,1,4-9H2,(H,23,28)(H,26,29). The van der Waals surface area contributed by atoms with Gasteiger partial charge in [0, 0.05) is 46.9 Å². The molecule has 4 heterocycles. The van der Waals surface area contributed by atoms with Gasteiger partial charge in [-0.25, -0.2) is 4.98 Å². The summed E-state index contributed by atoms with van der Waals surface area (Å²) in [5, 5.41) is 7.63. The van der Waals surface area contributed by atoms with Gasteiger partial charge in [0.2, 0.25) is 0 Å².